The molecule has 1 heterocycles. The molecule has 11 heteroatoms. The summed E-state index contributed by atoms with van der Waals surface area (Å²) in [7, 11) is 0. The van der Waals surface area contributed by atoms with Crippen LogP contribution in [0, 0.1) is 29.8 Å². The Morgan fingerprint density at radius 1 is 1.09 bits per heavy atom. The van der Waals surface area contributed by atoms with E-state index in [4.69, 9.17) is 12.2 Å². The molecule has 0 saturated carbocycles. The number of nitro benzene ring substituents is 1. The van der Waals surface area contributed by atoms with Crippen LogP contribution < -0.4 is 10.6 Å². The van der Waals surface area contributed by atoms with Gasteiger partial charge in [-0.2, -0.15) is 4.80 Å². The third kappa shape index (κ3) is 4.53. The average molecular weight is 464 g/mol. The highest BCUT2D eigenvalue weighted by Crippen LogP contribution is 2.23. The van der Waals surface area contributed by atoms with Crippen molar-refractivity contribution in [1.82, 2.24) is 20.3 Å². The third-order valence-electron chi connectivity index (χ3n) is 5.01. The van der Waals surface area contributed by atoms with Crippen molar-refractivity contribution >= 4 is 45.6 Å². The molecule has 3 aromatic carbocycles. The van der Waals surface area contributed by atoms with Crippen LogP contribution in [0.5, 0.6) is 0 Å². The quantitative estimate of drug-likeness (QED) is 0.264. The van der Waals surface area contributed by atoms with E-state index in [1.807, 2.05) is 6.92 Å². The van der Waals surface area contributed by atoms with E-state index in [2.05, 4.69) is 20.8 Å². The van der Waals surface area contributed by atoms with Crippen LogP contribution in [0.1, 0.15) is 21.5 Å². The number of fused-ring (bicyclic) bond motifs is 1. The molecule has 0 saturated heterocycles. The lowest BCUT2D eigenvalue weighted by atomic mass is 10.1. The Labute approximate surface area is 192 Å². The van der Waals surface area contributed by atoms with Crippen molar-refractivity contribution in [1.29, 1.82) is 0 Å². The number of carbonyl (C=O) groups excluding carboxylic acids is 1. The van der Waals surface area contributed by atoms with Crippen molar-refractivity contribution in [3.05, 3.63) is 87.2 Å². The normalized spacial score (nSPS) is 10.8. The van der Waals surface area contributed by atoms with Crippen molar-refractivity contribution in [2.24, 2.45) is 0 Å². The molecule has 1 aromatic heterocycles. The van der Waals surface area contributed by atoms with Crippen LogP contribution in [0.4, 0.5) is 15.8 Å². The SMILES string of the molecule is Cc1cc2nn(-c3ccc(F)cc3)nc2cc1NC(=S)NC(=O)c1cccc([N+](=O)[O-])c1C. The van der Waals surface area contributed by atoms with Crippen molar-refractivity contribution in [3.63, 3.8) is 0 Å². The lowest BCUT2D eigenvalue weighted by Crippen LogP contribution is -2.34. The van der Waals surface area contributed by atoms with Gasteiger partial charge in [-0.25, -0.2) is 4.39 Å². The molecule has 2 N–H and O–H groups in total. The number of rotatable bonds is 4. The molecule has 4 rings (SSSR count). The minimum absolute atomic E-state index is 0.0271. The third-order valence-corrected chi connectivity index (χ3v) is 5.21. The maximum Gasteiger partial charge on any atom is 0.273 e. The van der Waals surface area contributed by atoms with Crippen LogP contribution in [-0.2, 0) is 0 Å². The van der Waals surface area contributed by atoms with Crippen LogP contribution in [0.25, 0.3) is 16.7 Å². The molecule has 0 aliphatic carbocycles. The Morgan fingerprint density at radius 3 is 2.42 bits per heavy atom. The minimum atomic E-state index is -0.560. The summed E-state index contributed by atoms with van der Waals surface area (Å²) in [4.78, 5) is 24.6. The molecule has 0 fully saturated rings. The van der Waals surface area contributed by atoms with Crippen LogP contribution in [-0.4, -0.2) is 30.9 Å². The summed E-state index contributed by atoms with van der Waals surface area (Å²) in [6, 6.07) is 13.6. The van der Waals surface area contributed by atoms with Gasteiger partial charge in [0.05, 0.1) is 10.6 Å². The summed E-state index contributed by atoms with van der Waals surface area (Å²) in [6.07, 6.45) is 0. The number of nitrogens with one attached hydrogen (secondary N) is 2. The highest BCUT2D eigenvalue weighted by Gasteiger charge is 2.19. The number of aryl methyl sites for hydroxylation is 1. The van der Waals surface area contributed by atoms with Crippen molar-refractivity contribution in [3.8, 4) is 5.69 Å². The molecular formula is C22H17FN6O3S. The molecule has 0 aliphatic rings. The van der Waals surface area contributed by atoms with Gasteiger partial charge >= 0.3 is 0 Å². The number of aromatic nitrogens is 3. The Kier molecular flexibility index (Phi) is 5.80. The molecule has 0 atom stereocenters. The van der Waals surface area contributed by atoms with E-state index in [9.17, 15) is 19.3 Å². The molecule has 166 valence electrons. The fourth-order valence-electron chi connectivity index (χ4n) is 3.28. The lowest BCUT2D eigenvalue weighted by Gasteiger charge is -2.12. The topological polar surface area (TPSA) is 115 Å². The number of thiocarbonyl (C=S) groups is 1. The molecule has 0 radical (unpaired) electrons. The zero-order valence-corrected chi connectivity index (χ0v) is 18.3. The highest BCUT2D eigenvalue weighted by atomic mass is 32.1. The first-order valence-electron chi connectivity index (χ1n) is 9.73. The first-order valence-corrected chi connectivity index (χ1v) is 10.1. The maximum absolute atomic E-state index is 13.2. The summed E-state index contributed by atoms with van der Waals surface area (Å²) in [5.41, 5.74) is 3.47. The Bertz CT molecular complexity index is 1420. The number of halogens is 1. The Hall–Kier alpha value is -4.25. The first kappa shape index (κ1) is 22.0. The number of carbonyl (C=O) groups is 1. The average Bonchev–Trinajstić information content (AvgIpc) is 3.16. The van der Waals surface area contributed by atoms with Crippen molar-refractivity contribution < 1.29 is 14.1 Å². The number of hydrogen-bond donors (Lipinski definition) is 2. The summed E-state index contributed by atoms with van der Waals surface area (Å²) in [5.74, 6) is -0.914. The molecule has 0 bridgehead atoms. The second kappa shape index (κ2) is 8.71. The standard InChI is InChI=1S/C22H17FN6O3S/c1-12-10-18-19(27-28(26-18)15-8-6-14(23)7-9-15)11-17(12)24-22(33)25-21(30)16-4-3-5-20(13(16)2)29(31)32/h3-11H,1-2H3,(H2,24,25,30,33). The summed E-state index contributed by atoms with van der Waals surface area (Å²) in [5, 5.41) is 25.5. The van der Waals surface area contributed by atoms with Gasteiger partial charge in [0.2, 0.25) is 0 Å². The summed E-state index contributed by atoms with van der Waals surface area (Å²) >= 11 is 5.26. The molecule has 1 amide bonds. The molecular weight excluding hydrogens is 447 g/mol. The number of nitro groups is 1. The van der Waals surface area contributed by atoms with Gasteiger partial charge in [-0.15, -0.1) is 10.2 Å². The summed E-state index contributed by atoms with van der Waals surface area (Å²) < 4.78 is 13.2. The zero-order chi connectivity index (χ0) is 23.7. The van der Waals surface area contributed by atoms with Crippen molar-refractivity contribution in [2.75, 3.05) is 5.32 Å². The predicted molar refractivity (Wildman–Crippen MR) is 125 cm³/mol. The van der Waals surface area contributed by atoms with Gasteiger partial charge in [0.15, 0.2) is 5.11 Å². The van der Waals surface area contributed by atoms with E-state index in [0.29, 0.717) is 22.4 Å². The Balaban J connectivity index is 1.53. The maximum atomic E-state index is 13.2. The highest BCUT2D eigenvalue weighted by molar-refractivity contribution is 7.80. The van der Waals surface area contributed by atoms with Crippen LogP contribution >= 0.6 is 12.2 Å². The van der Waals surface area contributed by atoms with Crippen molar-refractivity contribution in [2.45, 2.75) is 13.8 Å². The number of nitrogens with zero attached hydrogens (tertiary/aromatic N) is 4. The summed E-state index contributed by atoms with van der Waals surface area (Å²) in [6.45, 7) is 3.35. The second-order valence-electron chi connectivity index (χ2n) is 7.24. The van der Waals surface area contributed by atoms with E-state index in [1.165, 1.54) is 42.1 Å². The molecule has 33 heavy (non-hydrogen) atoms. The van der Waals surface area contributed by atoms with Gasteiger partial charge in [0.25, 0.3) is 11.6 Å². The molecule has 9 nitrogen and oxygen atoms in total. The van der Waals surface area contributed by atoms with E-state index < -0.39 is 10.8 Å². The Morgan fingerprint density at radius 2 is 1.76 bits per heavy atom. The number of anilines is 1. The van der Waals surface area contributed by atoms with Gasteiger partial charge in [-0.3, -0.25) is 20.2 Å². The molecule has 0 aliphatic heterocycles. The van der Waals surface area contributed by atoms with E-state index >= 15 is 0 Å². The van der Waals surface area contributed by atoms with Gasteiger partial charge < -0.3 is 5.32 Å². The van der Waals surface area contributed by atoms with Gasteiger partial charge in [-0.05, 0) is 74.1 Å². The van der Waals surface area contributed by atoms with Crippen LogP contribution in [0.2, 0.25) is 0 Å². The molecule has 0 unspecified atom stereocenters. The van der Waals surface area contributed by atoms with E-state index in [1.54, 1.807) is 24.3 Å². The fraction of sp³-hybridized carbons (Fsp3) is 0.0909. The minimum Gasteiger partial charge on any atom is -0.332 e. The number of benzene rings is 3. The molecule has 0 spiro atoms. The smallest absolute Gasteiger partial charge is 0.273 e. The zero-order valence-electron chi connectivity index (χ0n) is 17.5. The van der Waals surface area contributed by atoms with Gasteiger partial charge in [0, 0.05) is 22.9 Å². The fourth-order valence-corrected chi connectivity index (χ4v) is 3.49. The van der Waals surface area contributed by atoms with Gasteiger partial charge in [0.1, 0.15) is 16.9 Å². The lowest BCUT2D eigenvalue weighted by molar-refractivity contribution is -0.385. The number of amides is 1. The predicted octanol–water partition coefficient (Wildman–Crippen LogP) is 4.21. The van der Waals surface area contributed by atoms with Crippen LogP contribution in [0.15, 0.2) is 54.6 Å². The van der Waals surface area contributed by atoms with E-state index in [-0.39, 0.29) is 27.7 Å². The monoisotopic (exact) mass is 464 g/mol. The van der Waals surface area contributed by atoms with Gasteiger partial charge in [-0.1, -0.05) is 6.07 Å². The van der Waals surface area contributed by atoms with Crippen LogP contribution in [0.3, 0.4) is 0 Å². The van der Waals surface area contributed by atoms with E-state index in [0.717, 1.165) is 5.56 Å². The first-order chi connectivity index (χ1) is 15.7. The largest absolute Gasteiger partial charge is 0.332 e. The molecule has 4 aromatic rings. The number of hydrogen-bond acceptors (Lipinski definition) is 6. The second-order valence-corrected chi connectivity index (χ2v) is 7.65.